The summed E-state index contributed by atoms with van der Waals surface area (Å²) >= 11 is 0. The molecule has 0 bridgehead atoms. The average molecular weight is 278 g/mol. The van der Waals surface area contributed by atoms with Crippen molar-refractivity contribution >= 4 is 5.91 Å². The molecule has 1 fully saturated rings. The third-order valence-electron chi connectivity index (χ3n) is 3.28. The van der Waals surface area contributed by atoms with E-state index in [2.05, 4.69) is 12.2 Å². The van der Waals surface area contributed by atoms with Crippen LogP contribution >= 0.6 is 0 Å². The van der Waals surface area contributed by atoms with Crippen LogP contribution in [0.3, 0.4) is 0 Å². The lowest BCUT2D eigenvalue weighted by molar-refractivity contribution is 0.0735. The lowest BCUT2D eigenvalue weighted by Crippen LogP contribution is -2.46. The van der Waals surface area contributed by atoms with Crippen LogP contribution < -0.4 is 14.8 Å². The highest BCUT2D eigenvalue weighted by Gasteiger charge is 2.19. The Kier molecular flexibility index (Phi) is 5.24. The molecule has 0 aromatic heterocycles. The van der Waals surface area contributed by atoms with Crippen molar-refractivity contribution in [1.82, 2.24) is 10.2 Å². The van der Waals surface area contributed by atoms with Gasteiger partial charge in [0, 0.05) is 31.7 Å². The highest BCUT2D eigenvalue weighted by atomic mass is 16.5. The van der Waals surface area contributed by atoms with Crippen molar-refractivity contribution in [3.05, 3.63) is 23.8 Å². The van der Waals surface area contributed by atoms with Crippen molar-refractivity contribution in [3.8, 4) is 11.5 Å². The third-order valence-corrected chi connectivity index (χ3v) is 3.28. The Balaban J connectivity index is 2.13. The Labute approximate surface area is 119 Å². The molecule has 1 aromatic rings. The Morgan fingerprint density at radius 3 is 2.70 bits per heavy atom. The van der Waals surface area contributed by atoms with Crippen LogP contribution in [0.2, 0.25) is 0 Å². The highest BCUT2D eigenvalue weighted by Crippen LogP contribution is 2.28. The van der Waals surface area contributed by atoms with E-state index in [4.69, 9.17) is 9.47 Å². The number of benzene rings is 1. The summed E-state index contributed by atoms with van der Waals surface area (Å²) in [6.45, 7) is 5.88. The van der Waals surface area contributed by atoms with Crippen molar-refractivity contribution in [2.45, 2.75) is 13.3 Å². The van der Waals surface area contributed by atoms with Gasteiger partial charge < -0.3 is 19.7 Å². The zero-order valence-electron chi connectivity index (χ0n) is 12.1. The second-order valence-corrected chi connectivity index (χ2v) is 4.76. The highest BCUT2D eigenvalue weighted by molar-refractivity contribution is 5.95. The Morgan fingerprint density at radius 1 is 1.30 bits per heavy atom. The van der Waals surface area contributed by atoms with Crippen LogP contribution in [0.15, 0.2) is 18.2 Å². The summed E-state index contributed by atoms with van der Waals surface area (Å²) < 4.78 is 10.9. The standard InChI is InChI=1S/C15H22N2O3/c1-3-10-20-13-5-4-12(11-14(13)19-2)15(18)17-8-6-16-7-9-17/h4-5,11,16H,3,6-10H2,1-2H3. The van der Waals surface area contributed by atoms with Gasteiger partial charge in [-0.1, -0.05) is 6.92 Å². The molecular formula is C15H22N2O3. The van der Waals surface area contributed by atoms with E-state index >= 15 is 0 Å². The van der Waals surface area contributed by atoms with Gasteiger partial charge in [-0.3, -0.25) is 4.79 Å². The van der Waals surface area contributed by atoms with Gasteiger partial charge in [-0.05, 0) is 24.6 Å². The molecule has 5 nitrogen and oxygen atoms in total. The normalized spacial score (nSPS) is 15.0. The zero-order valence-corrected chi connectivity index (χ0v) is 12.1. The molecule has 0 atom stereocenters. The number of methoxy groups -OCH3 is 1. The predicted octanol–water partition coefficient (Wildman–Crippen LogP) is 1.53. The molecule has 0 unspecified atom stereocenters. The monoisotopic (exact) mass is 278 g/mol. The largest absolute Gasteiger partial charge is 0.493 e. The Bertz CT molecular complexity index is 456. The lowest BCUT2D eigenvalue weighted by Gasteiger charge is -2.27. The molecule has 0 radical (unpaired) electrons. The molecule has 20 heavy (non-hydrogen) atoms. The molecule has 1 heterocycles. The molecular weight excluding hydrogens is 256 g/mol. The number of ether oxygens (including phenoxy) is 2. The van der Waals surface area contributed by atoms with E-state index in [1.54, 1.807) is 19.2 Å². The summed E-state index contributed by atoms with van der Waals surface area (Å²) in [4.78, 5) is 14.3. The lowest BCUT2D eigenvalue weighted by atomic mass is 10.1. The van der Waals surface area contributed by atoms with Gasteiger partial charge in [-0.2, -0.15) is 0 Å². The van der Waals surface area contributed by atoms with Crippen molar-refractivity contribution in [2.24, 2.45) is 0 Å². The molecule has 1 aromatic carbocycles. The van der Waals surface area contributed by atoms with Crippen LogP contribution in [0.25, 0.3) is 0 Å². The molecule has 1 N–H and O–H groups in total. The van der Waals surface area contributed by atoms with Gasteiger partial charge in [-0.15, -0.1) is 0 Å². The molecule has 1 amide bonds. The number of carbonyl (C=O) groups excluding carboxylic acids is 1. The maximum absolute atomic E-state index is 12.4. The predicted molar refractivity (Wildman–Crippen MR) is 77.6 cm³/mol. The first kappa shape index (κ1) is 14.7. The number of nitrogens with zero attached hydrogens (tertiary/aromatic N) is 1. The molecule has 0 saturated carbocycles. The fraction of sp³-hybridized carbons (Fsp3) is 0.533. The van der Waals surface area contributed by atoms with Gasteiger partial charge in [0.25, 0.3) is 5.91 Å². The maximum atomic E-state index is 12.4. The van der Waals surface area contributed by atoms with Crippen LogP contribution in [0, 0.1) is 0 Å². The van der Waals surface area contributed by atoms with E-state index in [1.165, 1.54) is 0 Å². The smallest absolute Gasteiger partial charge is 0.254 e. The number of hydrogen-bond acceptors (Lipinski definition) is 4. The molecule has 1 saturated heterocycles. The van der Waals surface area contributed by atoms with Crippen LogP contribution in [-0.2, 0) is 0 Å². The van der Waals surface area contributed by atoms with Gasteiger partial charge in [-0.25, -0.2) is 0 Å². The van der Waals surface area contributed by atoms with E-state index in [0.717, 1.165) is 32.6 Å². The molecule has 110 valence electrons. The Hall–Kier alpha value is -1.75. The molecule has 0 aliphatic carbocycles. The zero-order chi connectivity index (χ0) is 14.4. The van der Waals surface area contributed by atoms with Gasteiger partial charge in [0.2, 0.25) is 0 Å². The first-order chi connectivity index (χ1) is 9.76. The van der Waals surface area contributed by atoms with Crippen molar-refractivity contribution in [1.29, 1.82) is 0 Å². The molecule has 1 aliphatic rings. The van der Waals surface area contributed by atoms with Crippen LogP contribution in [0.4, 0.5) is 0 Å². The molecule has 1 aliphatic heterocycles. The maximum Gasteiger partial charge on any atom is 0.254 e. The topological polar surface area (TPSA) is 50.8 Å². The number of amides is 1. The summed E-state index contributed by atoms with van der Waals surface area (Å²) in [7, 11) is 1.59. The summed E-state index contributed by atoms with van der Waals surface area (Å²) in [5.41, 5.74) is 0.646. The minimum Gasteiger partial charge on any atom is -0.493 e. The van der Waals surface area contributed by atoms with E-state index in [0.29, 0.717) is 23.7 Å². The second kappa shape index (κ2) is 7.14. The number of hydrogen-bond donors (Lipinski definition) is 1. The van der Waals surface area contributed by atoms with Gasteiger partial charge in [0.15, 0.2) is 11.5 Å². The number of carbonyl (C=O) groups is 1. The summed E-state index contributed by atoms with van der Waals surface area (Å²) in [6.07, 6.45) is 0.935. The summed E-state index contributed by atoms with van der Waals surface area (Å²) in [6, 6.07) is 5.37. The first-order valence-corrected chi connectivity index (χ1v) is 7.07. The second-order valence-electron chi connectivity index (χ2n) is 4.76. The third kappa shape index (κ3) is 3.42. The number of nitrogens with one attached hydrogen (secondary N) is 1. The average Bonchev–Trinajstić information content (AvgIpc) is 2.52. The fourth-order valence-electron chi connectivity index (χ4n) is 2.18. The van der Waals surface area contributed by atoms with Gasteiger partial charge >= 0.3 is 0 Å². The Morgan fingerprint density at radius 2 is 2.05 bits per heavy atom. The van der Waals surface area contributed by atoms with E-state index in [1.807, 2.05) is 11.0 Å². The molecule has 2 rings (SSSR count). The minimum atomic E-state index is 0.0480. The van der Waals surface area contributed by atoms with Crippen molar-refractivity contribution in [3.63, 3.8) is 0 Å². The fourth-order valence-corrected chi connectivity index (χ4v) is 2.18. The minimum absolute atomic E-state index is 0.0480. The summed E-state index contributed by atoms with van der Waals surface area (Å²) in [5, 5.41) is 3.24. The van der Waals surface area contributed by atoms with Crippen LogP contribution in [-0.4, -0.2) is 50.7 Å². The van der Waals surface area contributed by atoms with Gasteiger partial charge in [0.1, 0.15) is 0 Å². The molecule has 0 spiro atoms. The van der Waals surface area contributed by atoms with Crippen molar-refractivity contribution < 1.29 is 14.3 Å². The van der Waals surface area contributed by atoms with E-state index in [9.17, 15) is 4.79 Å². The van der Waals surface area contributed by atoms with Crippen LogP contribution in [0.5, 0.6) is 11.5 Å². The quantitative estimate of drug-likeness (QED) is 0.887. The van der Waals surface area contributed by atoms with E-state index < -0.39 is 0 Å². The van der Waals surface area contributed by atoms with E-state index in [-0.39, 0.29) is 5.91 Å². The first-order valence-electron chi connectivity index (χ1n) is 7.07. The molecule has 5 heteroatoms. The number of piperazine rings is 1. The SMILES string of the molecule is CCCOc1ccc(C(=O)N2CCNCC2)cc1OC. The summed E-state index contributed by atoms with van der Waals surface area (Å²) in [5.74, 6) is 1.34. The van der Waals surface area contributed by atoms with Crippen molar-refractivity contribution in [2.75, 3.05) is 39.9 Å². The van der Waals surface area contributed by atoms with Crippen LogP contribution in [0.1, 0.15) is 23.7 Å². The van der Waals surface area contributed by atoms with Gasteiger partial charge in [0.05, 0.1) is 13.7 Å². The number of rotatable bonds is 5.